The maximum atomic E-state index is 12.1. The molecule has 1 fully saturated rings. The summed E-state index contributed by atoms with van der Waals surface area (Å²) in [6, 6.07) is 3.97. The van der Waals surface area contributed by atoms with Crippen LogP contribution in [-0.2, 0) is 0 Å². The molecule has 1 saturated heterocycles. The topological polar surface area (TPSA) is 21.7 Å². The second kappa shape index (κ2) is 7.35. The third kappa shape index (κ3) is 5.74. The Bertz CT molecular complexity index is 462. The molecule has 7 heteroatoms. The molecule has 21 heavy (non-hydrogen) atoms. The zero-order valence-electron chi connectivity index (χ0n) is 11.5. The van der Waals surface area contributed by atoms with E-state index >= 15 is 0 Å². The third-order valence-corrected chi connectivity index (χ3v) is 3.87. The molecule has 0 saturated carbocycles. The first-order valence-corrected chi connectivity index (χ1v) is 7.64. The van der Waals surface area contributed by atoms with Crippen molar-refractivity contribution in [2.24, 2.45) is 0 Å². The van der Waals surface area contributed by atoms with E-state index in [4.69, 9.17) is 4.74 Å². The summed E-state index contributed by atoms with van der Waals surface area (Å²) < 4.78 is 46.2. The molecule has 1 aromatic carbocycles. The predicted octanol–water partition coefficient (Wildman–Crippen LogP) is 4.21. The molecule has 0 aromatic heterocycles. The molecule has 3 nitrogen and oxygen atoms in total. The summed E-state index contributed by atoms with van der Waals surface area (Å²) in [5, 5.41) is 0. The van der Waals surface area contributed by atoms with Gasteiger partial charge in [0.2, 0.25) is 0 Å². The van der Waals surface area contributed by atoms with Crippen LogP contribution in [0.4, 0.5) is 13.2 Å². The lowest BCUT2D eigenvalue weighted by Gasteiger charge is -2.26. The number of piperidine rings is 1. The largest absolute Gasteiger partial charge is 0.573 e. The Morgan fingerprint density at radius 2 is 1.86 bits per heavy atom. The minimum absolute atomic E-state index is 0.266. The summed E-state index contributed by atoms with van der Waals surface area (Å²) in [7, 11) is 0. The summed E-state index contributed by atoms with van der Waals surface area (Å²) in [5.41, 5.74) is 0. The fraction of sp³-hybridized carbons (Fsp3) is 0.571. The van der Waals surface area contributed by atoms with Crippen molar-refractivity contribution < 1.29 is 22.6 Å². The molecule has 2 rings (SSSR count). The summed E-state index contributed by atoms with van der Waals surface area (Å²) >= 11 is 3.19. The van der Waals surface area contributed by atoms with Gasteiger partial charge in [0.15, 0.2) is 0 Å². The predicted molar refractivity (Wildman–Crippen MR) is 76.6 cm³/mol. The van der Waals surface area contributed by atoms with Gasteiger partial charge in [-0.2, -0.15) is 0 Å². The molecule has 0 aliphatic carbocycles. The van der Waals surface area contributed by atoms with Gasteiger partial charge in [-0.05, 0) is 60.1 Å². The first-order valence-electron chi connectivity index (χ1n) is 6.84. The minimum Gasteiger partial charge on any atom is -0.491 e. The highest BCUT2D eigenvalue weighted by molar-refractivity contribution is 9.10. The number of benzene rings is 1. The fourth-order valence-corrected chi connectivity index (χ4v) is 2.74. The number of ether oxygens (including phenoxy) is 2. The molecule has 0 amide bonds. The van der Waals surface area contributed by atoms with E-state index in [0.29, 0.717) is 16.8 Å². The highest BCUT2D eigenvalue weighted by atomic mass is 79.9. The number of hydrogen-bond acceptors (Lipinski definition) is 3. The van der Waals surface area contributed by atoms with Crippen LogP contribution in [-0.4, -0.2) is 37.5 Å². The first kappa shape index (κ1) is 16.4. The summed E-state index contributed by atoms with van der Waals surface area (Å²) in [4.78, 5) is 2.33. The maximum absolute atomic E-state index is 12.1. The van der Waals surface area contributed by atoms with Crippen LogP contribution in [0, 0.1) is 0 Å². The van der Waals surface area contributed by atoms with Crippen LogP contribution in [0.2, 0.25) is 0 Å². The van der Waals surface area contributed by atoms with Gasteiger partial charge in [0.25, 0.3) is 0 Å². The van der Waals surface area contributed by atoms with E-state index in [-0.39, 0.29) is 5.75 Å². The van der Waals surface area contributed by atoms with Gasteiger partial charge >= 0.3 is 6.36 Å². The lowest BCUT2D eigenvalue weighted by atomic mass is 10.1. The Kier molecular flexibility index (Phi) is 5.75. The van der Waals surface area contributed by atoms with Crippen molar-refractivity contribution in [1.29, 1.82) is 0 Å². The minimum atomic E-state index is -4.68. The van der Waals surface area contributed by atoms with Crippen molar-refractivity contribution in [3.8, 4) is 11.5 Å². The second-order valence-electron chi connectivity index (χ2n) is 4.89. The van der Waals surface area contributed by atoms with Crippen molar-refractivity contribution in [1.82, 2.24) is 4.90 Å². The number of likely N-dealkylation sites (tertiary alicyclic amines) is 1. The SMILES string of the molecule is FC(F)(F)Oc1ccc(OCCN2CCCCC2)c(Br)c1. The van der Waals surface area contributed by atoms with E-state index in [9.17, 15) is 13.2 Å². The van der Waals surface area contributed by atoms with Crippen molar-refractivity contribution >= 4 is 15.9 Å². The lowest BCUT2D eigenvalue weighted by molar-refractivity contribution is -0.274. The van der Waals surface area contributed by atoms with E-state index in [1.807, 2.05) is 0 Å². The molecule has 0 atom stereocenters. The molecule has 0 radical (unpaired) electrons. The average molecular weight is 368 g/mol. The molecule has 1 aliphatic rings. The molecule has 118 valence electrons. The van der Waals surface area contributed by atoms with Crippen molar-refractivity contribution in [3.05, 3.63) is 22.7 Å². The Morgan fingerprint density at radius 3 is 2.48 bits per heavy atom. The van der Waals surface area contributed by atoms with Crippen LogP contribution in [0.3, 0.4) is 0 Å². The molecule has 0 unspecified atom stereocenters. The van der Waals surface area contributed by atoms with E-state index in [1.165, 1.54) is 37.5 Å². The van der Waals surface area contributed by atoms with Gasteiger partial charge in [0.05, 0.1) is 4.47 Å². The zero-order valence-corrected chi connectivity index (χ0v) is 13.0. The van der Waals surface area contributed by atoms with Gasteiger partial charge in [0, 0.05) is 6.54 Å². The monoisotopic (exact) mass is 367 g/mol. The molecule has 1 heterocycles. The number of hydrogen-bond donors (Lipinski definition) is 0. The Hall–Kier alpha value is -0.950. The van der Waals surface area contributed by atoms with E-state index in [0.717, 1.165) is 19.6 Å². The van der Waals surface area contributed by atoms with Crippen molar-refractivity contribution in [2.45, 2.75) is 25.6 Å². The first-order chi connectivity index (χ1) is 9.94. The third-order valence-electron chi connectivity index (χ3n) is 3.25. The Morgan fingerprint density at radius 1 is 1.14 bits per heavy atom. The standard InChI is InChI=1S/C14H17BrF3NO2/c15-12-10-11(21-14(16,17)18)4-5-13(12)20-9-8-19-6-2-1-3-7-19/h4-5,10H,1-3,6-9H2. The average Bonchev–Trinajstić information content (AvgIpc) is 2.41. The quantitative estimate of drug-likeness (QED) is 0.777. The van der Waals surface area contributed by atoms with Crippen LogP contribution in [0.1, 0.15) is 19.3 Å². The van der Waals surface area contributed by atoms with Crippen molar-refractivity contribution in [2.75, 3.05) is 26.2 Å². The zero-order chi connectivity index (χ0) is 15.3. The van der Waals surface area contributed by atoms with Gasteiger partial charge in [-0.25, -0.2) is 0 Å². The Balaban J connectivity index is 1.83. The van der Waals surface area contributed by atoms with Gasteiger partial charge in [-0.3, -0.25) is 4.90 Å². The summed E-state index contributed by atoms with van der Waals surface area (Å²) in [6.45, 7) is 3.51. The maximum Gasteiger partial charge on any atom is 0.573 e. The van der Waals surface area contributed by atoms with Gasteiger partial charge in [0.1, 0.15) is 18.1 Å². The lowest BCUT2D eigenvalue weighted by Crippen LogP contribution is -2.33. The molecule has 1 aromatic rings. The van der Waals surface area contributed by atoms with E-state index in [2.05, 4.69) is 25.6 Å². The number of nitrogens with zero attached hydrogens (tertiary/aromatic N) is 1. The van der Waals surface area contributed by atoms with Gasteiger partial charge in [-0.15, -0.1) is 13.2 Å². The number of alkyl halides is 3. The molecule has 0 N–H and O–H groups in total. The van der Waals surface area contributed by atoms with Crippen molar-refractivity contribution in [3.63, 3.8) is 0 Å². The van der Waals surface area contributed by atoms with E-state index < -0.39 is 6.36 Å². The highest BCUT2D eigenvalue weighted by Gasteiger charge is 2.31. The smallest absolute Gasteiger partial charge is 0.491 e. The van der Waals surface area contributed by atoms with Crippen LogP contribution < -0.4 is 9.47 Å². The van der Waals surface area contributed by atoms with Crippen LogP contribution in [0.25, 0.3) is 0 Å². The fourth-order valence-electron chi connectivity index (χ4n) is 2.26. The molecule has 1 aliphatic heterocycles. The Labute approximate surface area is 130 Å². The molecular weight excluding hydrogens is 351 g/mol. The van der Waals surface area contributed by atoms with Gasteiger partial charge in [-0.1, -0.05) is 6.42 Å². The number of halogens is 4. The summed E-state index contributed by atoms with van der Waals surface area (Å²) in [6.07, 6.45) is -0.972. The van der Waals surface area contributed by atoms with Crippen LogP contribution in [0.15, 0.2) is 22.7 Å². The van der Waals surface area contributed by atoms with Crippen LogP contribution >= 0.6 is 15.9 Å². The molecular formula is C14H17BrF3NO2. The van der Waals surface area contributed by atoms with E-state index in [1.54, 1.807) is 0 Å². The molecule has 0 spiro atoms. The normalized spacial score (nSPS) is 16.8. The highest BCUT2D eigenvalue weighted by Crippen LogP contribution is 2.31. The van der Waals surface area contributed by atoms with Gasteiger partial charge < -0.3 is 9.47 Å². The van der Waals surface area contributed by atoms with Crippen LogP contribution in [0.5, 0.6) is 11.5 Å². The number of rotatable bonds is 5. The second-order valence-corrected chi connectivity index (χ2v) is 5.75. The summed E-state index contributed by atoms with van der Waals surface area (Å²) in [5.74, 6) is 0.249. The molecule has 0 bridgehead atoms.